The Morgan fingerprint density at radius 2 is 1.89 bits per heavy atom. The lowest BCUT2D eigenvalue weighted by Gasteiger charge is -2.10. The van der Waals surface area contributed by atoms with Crippen LogP contribution in [0.3, 0.4) is 0 Å². The topological polar surface area (TPSA) is 76.8 Å². The van der Waals surface area contributed by atoms with Crippen LogP contribution in [0.5, 0.6) is 5.75 Å². The number of ether oxygens (including phenoxy) is 1. The minimum Gasteiger partial charge on any atom is -0.488 e. The summed E-state index contributed by atoms with van der Waals surface area (Å²) in [6.45, 7) is 0.277. The first kappa shape index (κ1) is 19.7. The van der Waals surface area contributed by atoms with Gasteiger partial charge in [-0.2, -0.15) is 5.10 Å². The summed E-state index contributed by atoms with van der Waals surface area (Å²) in [5.41, 5.74) is 4.83. The molecule has 6 nitrogen and oxygen atoms in total. The number of nitrogens with one attached hydrogen (secondary N) is 1. The van der Waals surface area contributed by atoms with E-state index in [9.17, 15) is 10.1 Å². The largest absolute Gasteiger partial charge is 0.488 e. The van der Waals surface area contributed by atoms with Gasteiger partial charge in [0.2, 0.25) is 0 Å². The Morgan fingerprint density at radius 3 is 2.68 bits per heavy atom. The first-order valence-corrected chi connectivity index (χ1v) is 8.98. The Hall–Kier alpha value is -3.09. The van der Waals surface area contributed by atoms with Crippen molar-refractivity contribution in [3.63, 3.8) is 0 Å². The summed E-state index contributed by atoms with van der Waals surface area (Å²) in [5.74, 6) is 0.623. The van der Waals surface area contributed by atoms with Crippen LogP contribution in [0.15, 0.2) is 71.8 Å². The number of nitro benzene ring substituents is 1. The molecule has 8 heteroatoms. The van der Waals surface area contributed by atoms with Gasteiger partial charge in [0.15, 0.2) is 0 Å². The first-order chi connectivity index (χ1) is 13.5. The molecule has 0 aromatic heterocycles. The van der Waals surface area contributed by atoms with Gasteiger partial charge in [0.1, 0.15) is 12.4 Å². The molecule has 0 bridgehead atoms. The molecule has 0 spiro atoms. The summed E-state index contributed by atoms with van der Waals surface area (Å²) < 4.78 is 5.86. The molecular formula is C20H15Cl2N3O3. The van der Waals surface area contributed by atoms with Crippen LogP contribution in [0.2, 0.25) is 10.0 Å². The molecule has 0 aliphatic carbocycles. The van der Waals surface area contributed by atoms with Crippen molar-refractivity contribution in [3.05, 3.63) is 98.0 Å². The van der Waals surface area contributed by atoms with E-state index in [1.807, 2.05) is 30.3 Å². The molecule has 142 valence electrons. The van der Waals surface area contributed by atoms with Crippen molar-refractivity contribution < 1.29 is 9.66 Å². The smallest absolute Gasteiger partial charge is 0.271 e. The highest BCUT2D eigenvalue weighted by Gasteiger charge is 2.06. The Labute approximate surface area is 171 Å². The third kappa shape index (κ3) is 5.22. The van der Waals surface area contributed by atoms with Crippen molar-refractivity contribution in [2.45, 2.75) is 6.61 Å². The fourth-order valence-corrected chi connectivity index (χ4v) is 2.84. The summed E-state index contributed by atoms with van der Waals surface area (Å²) in [6.07, 6.45) is 1.58. The Morgan fingerprint density at radius 1 is 1.07 bits per heavy atom. The minimum absolute atomic E-state index is 0.0104. The number of para-hydroxylation sites is 1. The molecule has 3 aromatic rings. The predicted octanol–water partition coefficient (Wildman–Crippen LogP) is 5.93. The van der Waals surface area contributed by atoms with Gasteiger partial charge in [-0.3, -0.25) is 15.5 Å². The lowest BCUT2D eigenvalue weighted by molar-refractivity contribution is -0.384. The SMILES string of the molecule is O=[N+]([O-])c1cccc(NN=Cc2ccccc2OCc2ccc(Cl)cc2Cl)c1. The van der Waals surface area contributed by atoms with Crippen molar-refractivity contribution in [2.24, 2.45) is 5.10 Å². The van der Waals surface area contributed by atoms with Crippen LogP contribution in [0.4, 0.5) is 11.4 Å². The number of halogens is 2. The second kappa shape index (κ2) is 9.21. The maximum absolute atomic E-state index is 10.8. The summed E-state index contributed by atoms with van der Waals surface area (Å²) in [4.78, 5) is 10.4. The van der Waals surface area contributed by atoms with Gasteiger partial charge in [0, 0.05) is 33.3 Å². The van der Waals surface area contributed by atoms with Crippen molar-refractivity contribution in [2.75, 3.05) is 5.43 Å². The van der Waals surface area contributed by atoms with Crippen molar-refractivity contribution in [1.29, 1.82) is 0 Å². The molecule has 3 aromatic carbocycles. The molecule has 0 fully saturated rings. The molecule has 1 N–H and O–H groups in total. The second-order valence-corrected chi connectivity index (χ2v) is 6.58. The monoisotopic (exact) mass is 415 g/mol. The number of rotatable bonds is 7. The summed E-state index contributed by atoms with van der Waals surface area (Å²) >= 11 is 12.1. The highest BCUT2D eigenvalue weighted by atomic mass is 35.5. The van der Waals surface area contributed by atoms with E-state index in [2.05, 4.69) is 10.5 Å². The number of non-ortho nitro benzene ring substituents is 1. The third-order valence-electron chi connectivity index (χ3n) is 3.77. The van der Waals surface area contributed by atoms with Gasteiger partial charge in [0.05, 0.1) is 16.8 Å². The van der Waals surface area contributed by atoms with Crippen LogP contribution < -0.4 is 10.2 Å². The molecule has 0 heterocycles. The molecular weight excluding hydrogens is 401 g/mol. The van der Waals surface area contributed by atoms with E-state index in [1.54, 1.807) is 30.5 Å². The Balaban J connectivity index is 1.69. The molecule has 0 unspecified atom stereocenters. The molecule has 0 aliphatic rings. The van der Waals surface area contributed by atoms with Gasteiger partial charge >= 0.3 is 0 Å². The zero-order valence-corrected chi connectivity index (χ0v) is 16.0. The molecule has 28 heavy (non-hydrogen) atoms. The first-order valence-electron chi connectivity index (χ1n) is 8.22. The quantitative estimate of drug-likeness (QED) is 0.294. The average molecular weight is 416 g/mol. The molecule has 0 radical (unpaired) electrons. The predicted molar refractivity (Wildman–Crippen MR) is 112 cm³/mol. The van der Waals surface area contributed by atoms with E-state index < -0.39 is 4.92 Å². The fourth-order valence-electron chi connectivity index (χ4n) is 2.38. The Kier molecular flexibility index (Phi) is 6.47. The van der Waals surface area contributed by atoms with Gasteiger partial charge in [-0.1, -0.05) is 47.5 Å². The van der Waals surface area contributed by atoms with E-state index >= 15 is 0 Å². The number of nitrogens with zero attached hydrogens (tertiary/aromatic N) is 2. The van der Waals surface area contributed by atoms with Gasteiger partial charge in [-0.15, -0.1) is 0 Å². The van der Waals surface area contributed by atoms with E-state index in [0.29, 0.717) is 21.5 Å². The zero-order valence-electron chi connectivity index (χ0n) is 14.5. The van der Waals surface area contributed by atoms with Crippen molar-refractivity contribution in [1.82, 2.24) is 0 Å². The minimum atomic E-state index is -0.458. The highest BCUT2D eigenvalue weighted by Crippen LogP contribution is 2.24. The van der Waals surface area contributed by atoms with Gasteiger partial charge in [0.25, 0.3) is 5.69 Å². The zero-order chi connectivity index (χ0) is 19.9. The van der Waals surface area contributed by atoms with Gasteiger partial charge < -0.3 is 4.74 Å². The molecule has 0 atom stereocenters. The third-order valence-corrected chi connectivity index (χ3v) is 4.36. The van der Waals surface area contributed by atoms with Crippen LogP contribution in [0, 0.1) is 10.1 Å². The van der Waals surface area contributed by atoms with Crippen LogP contribution in [0.25, 0.3) is 0 Å². The lowest BCUT2D eigenvalue weighted by Crippen LogP contribution is -2.00. The molecule has 0 amide bonds. The van der Waals surface area contributed by atoms with E-state index in [-0.39, 0.29) is 12.3 Å². The normalized spacial score (nSPS) is 10.8. The molecule has 0 aliphatic heterocycles. The van der Waals surface area contributed by atoms with Gasteiger partial charge in [-0.05, 0) is 30.3 Å². The number of hydrogen-bond acceptors (Lipinski definition) is 5. The second-order valence-electron chi connectivity index (χ2n) is 5.74. The summed E-state index contributed by atoms with van der Waals surface area (Å²) in [7, 11) is 0. The maximum Gasteiger partial charge on any atom is 0.271 e. The number of anilines is 1. The fraction of sp³-hybridized carbons (Fsp3) is 0.0500. The standard InChI is InChI=1S/C20H15Cl2N3O3/c21-16-9-8-15(19(22)10-16)13-28-20-7-2-1-4-14(20)12-23-24-17-5-3-6-18(11-17)25(26)27/h1-12,24H,13H2. The molecule has 0 saturated heterocycles. The molecule has 3 rings (SSSR count). The lowest BCUT2D eigenvalue weighted by atomic mass is 10.2. The summed E-state index contributed by atoms with van der Waals surface area (Å²) in [6, 6.07) is 18.7. The average Bonchev–Trinajstić information content (AvgIpc) is 2.68. The van der Waals surface area contributed by atoms with E-state index in [0.717, 1.165) is 11.1 Å². The summed E-state index contributed by atoms with van der Waals surface area (Å²) in [5, 5.41) is 16.1. The van der Waals surface area contributed by atoms with E-state index in [4.69, 9.17) is 27.9 Å². The van der Waals surface area contributed by atoms with Crippen molar-refractivity contribution >= 4 is 40.8 Å². The maximum atomic E-state index is 10.8. The van der Waals surface area contributed by atoms with Crippen LogP contribution in [-0.4, -0.2) is 11.1 Å². The van der Waals surface area contributed by atoms with Gasteiger partial charge in [-0.25, -0.2) is 0 Å². The van der Waals surface area contributed by atoms with Crippen LogP contribution >= 0.6 is 23.2 Å². The van der Waals surface area contributed by atoms with E-state index in [1.165, 1.54) is 12.1 Å². The Bertz CT molecular complexity index is 1030. The highest BCUT2D eigenvalue weighted by molar-refractivity contribution is 6.35. The number of hydrazone groups is 1. The number of nitro groups is 1. The van der Waals surface area contributed by atoms with Crippen molar-refractivity contribution in [3.8, 4) is 5.75 Å². The number of hydrogen-bond donors (Lipinski definition) is 1. The molecule has 0 saturated carbocycles. The van der Waals surface area contributed by atoms with Crippen LogP contribution in [-0.2, 0) is 6.61 Å². The number of benzene rings is 3. The van der Waals surface area contributed by atoms with Crippen LogP contribution in [0.1, 0.15) is 11.1 Å².